The third-order valence-electron chi connectivity index (χ3n) is 6.63. The fourth-order valence-electron chi connectivity index (χ4n) is 5.08. The van der Waals surface area contributed by atoms with Crippen LogP contribution in [0.5, 0.6) is 5.75 Å². The van der Waals surface area contributed by atoms with E-state index in [1.54, 1.807) is 7.11 Å². The molecule has 1 unspecified atom stereocenters. The molecule has 0 saturated carbocycles. The van der Waals surface area contributed by atoms with Gasteiger partial charge in [-0.1, -0.05) is 48.9 Å². The Hall–Kier alpha value is -2.79. The van der Waals surface area contributed by atoms with Crippen molar-refractivity contribution in [3.63, 3.8) is 0 Å². The first-order chi connectivity index (χ1) is 15.3. The van der Waals surface area contributed by atoms with E-state index < -0.39 is 0 Å². The molecule has 1 atom stereocenters. The van der Waals surface area contributed by atoms with E-state index in [0.717, 1.165) is 43.3 Å². The Morgan fingerprint density at radius 1 is 1.00 bits per heavy atom. The lowest BCUT2D eigenvalue weighted by Gasteiger charge is -2.35. The first kappa shape index (κ1) is 20.1. The number of nitrogens with zero attached hydrogens (tertiary/aromatic N) is 3. The molecule has 5 heteroatoms. The van der Waals surface area contributed by atoms with Crippen LogP contribution >= 0.6 is 0 Å². The molecule has 0 radical (unpaired) electrons. The van der Waals surface area contributed by atoms with Crippen LogP contribution in [0.2, 0.25) is 0 Å². The van der Waals surface area contributed by atoms with Crippen LogP contribution in [-0.4, -0.2) is 34.9 Å². The Morgan fingerprint density at radius 3 is 2.71 bits per heavy atom. The molecule has 1 N–H and O–H groups in total. The molecule has 0 spiro atoms. The molecule has 2 aromatic carbocycles. The Labute approximate surface area is 185 Å². The molecular formula is C26H32N4O. The second-order valence-corrected chi connectivity index (χ2v) is 8.65. The Bertz CT molecular complexity index is 1010. The predicted molar refractivity (Wildman–Crippen MR) is 125 cm³/mol. The average molecular weight is 417 g/mol. The lowest BCUT2D eigenvalue weighted by molar-refractivity contribution is 0.136. The van der Waals surface area contributed by atoms with Crippen LogP contribution < -0.4 is 10.1 Å². The number of aromatic nitrogens is 2. The molecule has 1 fully saturated rings. The largest absolute Gasteiger partial charge is 0.494 e. The van der Waals surface area contributed by atoms with E-state index >= 15 is 0 Å². The number of ether oxygens (including phenoxy) is 1. The number of nitrogens with one attached hydrogen (secondary N) is 1. The normalized spacial score (nSPS) is 19.3. The molecular weight excluding hydrogens is 384 g/mol. The summed E-state index contributed by atoms with van der Waals surface area (Å²) in [5.41, 5.74) is 5.04. The highest BCUT2D eigenvalue weighted by Gasteiger charge is 2.32. The maximum absolute atomic E-state index is 5.68. The number of methoxy groups -OCH3 is 1. The number of benzene rings is 2. The SMILES string of the molecule is COc1ccccc1-n1nc(C2CCCCN2Cc2ccccc2)c2c1NCCCC2. The van der Waals surface area contributed by atoms with Crippen molar-refractivity contribution in [2.24, 2.45) is 0 Å². The van der Waals surface area contributed by atoms with Gasteiger partial charge in [-0.2, -0.15) is 5.10 Å². The molecule has 3 aromatic rings. The van der Waals surface area contributed by atoms with Gasteiger partial charge in [-0.3, -0.25) is 4.90 Å². The first-order valence-corrected chi connectivity index (χ1v) is 11.6. The number of hydrogen-bond donors (Lipinski definition) is 1. The highest BCUT2D eigenvalue weighted by Crippen LogP contribution is 2.39. The zero-order valence-electron chi connectivity index (χ0n) is 18.4. The molecule has 0 aliphatic carbocycles. The van der Waals surface area contributed by atoms with Crippen molar-refractivity contribution in [2.75, 3.05) is 25.5 Å². The predicted octanol–water partition coefficient (Wildman–Crippen LogP) is 5.36. The summed E-state index contributed by atoms with van der Waals surface area (Å²) in [6.45, 7) is 3.10. The topological polar surface area (TPSA) is 42.3 Å². The zero-order chi connectivity index (χ0) is 21.0. The monoisotopic (exact) mass is 416 g/mol. The Morgan fingerprint density at radius 2 is 1.84 bits per heavy atom. The van der Waals surface area contributed by atoms with Gasteiger partial charge in [-0.25, -0.2) is 4.68 Å². The van der Waals surface area contributed by atoms with Crippen molar-refractivity contribution in [2.45, 2.75) is 51.1 Å². The van der Waals surface area contributed by atoms with Crippen LogP contribution in [0, 0.1) is 0 Å². The van der Waals surface area contributed by atoms with Gasteiger partial charge in [0.25, 0.3) is 0 Å². The molecule has 162 valence electrons. The number of anilines is 1. The van der Waals surface area contributed by atoms with Crippen molar-refractivity contribution in [1.82, 2.24) is 14.7 Å². The molecule has 0 amide bonds. The molecule has 31 heavy (non-hydrogen) atoms. The maximum Gasteiger partial charge on any atom is 0.144 e. The van der Waals surface area contributed by atoms with Gasteiger partial charge in [0, 0.05) is 18.7 Å². The van der Waals surface area contributed by atoms with E-state index in [4.69, 9.17) is 9.84 Å². The molecule has 2 aliphatic rings. The fraction of sp³-hybridized carbons (Fsp3) is 0.423. The van der Waals surface area contributed by atoms with Crippen LogP contribution in [0.4, 0.5) is 5.82 Å². The second kappa shape index (κ2) is 9.15. The third kappa shape index (κ3) is 4.07. The van der Waals surface area contributed by atoms with Crippen molar-refractivity contribution in [1.29, 1.82) is 0 Å². The fourth-order valence-corrected chi connectivity index (χ4v) is 5.08. The van der Waals surface area contributed by atoms with Crippen molar-refractivity contribution >= 4 is 5.82 Å². The maximum atomic E-state index is 5.68. The highest BCUT2D eigenvalue weighted by atomic mass is 16.5. The average Bonchev–Trinajstić information content (AvgIpc) is 3.00. The van der Waals surface area contributed by atoms with Gasteiger partial charge in [0.05, 0.1) is 18.8 Å². The van der Waals surface area contributed by atoms with Gasteiger partial charge in [-0.15, -0.1) is 0 Å². The van der Waals surface area contributed by atoms with Gasteiger partial charge < -0.3 is 10.1 Å². The van der Waals surface area contributed by atoms with Crippen LogP contribution in [0.3, 0.4) is 0 Å². The number of fused-ring (bicyclic) bond motifs is 1. The number of hydrogen-bond acceptors (Lipinski definition) is 4. The van der Waals surface area contributed by atoms with Crippen LogP contribution in [0.15, 0.2) is 54.6 Å². The zero-order valence-corrected chi connectivity index (χ0v) is 18.4. The molecule has 3 heterocycles. The van der Waals surface area contributed by atoms with E-state index in [2.05, 4.69) is 57.4 Å². The van der Waals surface area contributed by atoms with Crippen LogP contribution in [-0.2, 0) is 13.0 Å². The molecule has 0 bridgehead atoms. The first-order valence-electron chi connectivity index (χ1n) is 11.6. The lowest BCUT2D eigenvalue weighted by atomic mass is 9.94. The lowest BCUT2D eigenvalue weighted by Crippen LogP contribution is -2.33. The van der Waals surface area contributed by atoms with Crippen LogP contribution in [0.25, 0.3) is 5.69 Å². The second-order valence-electron chi connectivity index (χ2n) is 8.65. The van der Waals surface area contributed by atoms with Gasteiger partial charge in [0.2, 0.25) is 0 Å². The minimum Gasteiger partial charge on any atom is -0.494 e. The summed E-state index contributed by atoms with van der Waals surface area (Å²) in [5, 5.41) is 8.95. The van der Waals surface area contributed by atoms with Crippen LogP contribution in [0.1, 0.15) is 55.0 Å². The van der Waals surface area contributed by atoms with Gasteiger partial charge in [-0.05, 0) is 56.3 Å². The number of piperidine rings is 1. The summed E-state index contributed by atoms with van der Waals surface area (Å²) in [7, 11) is 1.73. The third-order valence-corrected chi connectivity index (χ3v) is 6.63. The van der Waals surface area contributed by atoms with E-state index in [1.165, 1.54) is 48.9 Å². The van der Waals surface area contributed by atoms with E-state index in [-0.39, 0.29) is 0 Å². The smallest absolute Gasteiger partial charge is 0.144 e. The summed E-state index contributed by atoms with van der Waals surface area (Å²) in [4.78, 5) is 2.64. The number of rotatable bonds is 5. The molecule has 2 aliphatic heterocycles. The summed E-state index contributed by atoms with van der Waals surface area (Å²) in [6, 6.07) is 19.4. The van der Waals surface area contributed by atoms with Crippen molar-refractivity contribution < 1.29 is 4.74 Å². The minimum atomic E-state index is 0.360. The minimum absolute atomic E-state index is 0.360. The number of likely N-dealkylation sites (tertiary alicyclic amines) is 1. The summed E-state index contributed by atoms with van der Waals surface area (Å²) >= 11 is 0. The van der Waals surface area contributed by atoms with E-state index in [0.29, 0.717) is 6.04 Å². The highest BCUT2D eigenvalue weighted by molar-refractivity contribution is 5.58. The molecule has 1 saturated heterocycles. The Kier molecular flexibility index (Phi) is 5.94. The molecule has 5 rings (SSSR count). The molecule has 5 nitrogen and oxygen atoms in total. The van der Waals surface area contributed by atoms with E-state index in [1.807, 2.05) is 12.1 Å². The summed E-state index contributed by atoms with van der Waals surface area (Å²) < 4.78 is 7.78. The quantitative estimate of drug-likeness (QED) is 0.608. The number of para-hydroxylation sites is 2. The van der Waals surface area contributed by atoms with Crippen molar-refractivity contribution in [3.05, 3.63) is 71.4 Å². The standard InChI is InChI=1S/C26H32N4O/c1-31-24-16-6-5-14-22(24)30-26-21(13-7-9-17-27-26)25(28-30)23-15-8-10-18-29(23)19-20-11-3-2-4-12-20/h2-6,11-12,14,16,23,27H,7-10,13,15,17-19H2,1H3. The van der Waals surface area contributed by atoms with Gasteiger partial charge >= 0.3 is 0 Å². The van der Waals surface area contributed by atoms with Gasteiger partial charge in [0.1, 0.15) is 17.3 Å². The Balaban J connectivity index is 1.57. The molecule has 1 aromatic heterocycles. The van der Waals surface area contributed by atoms with Crippen molar-refractivity contribution in [3.8, 4) is 11.4 Å². The van der Waals surface area contributed by atoms with Gasteiger partial charge in [0.15, 0.2) is 0 Å². The summed E-state index contributed by atoms with van der Waals surface area (Å²) in [5.74, 6) is 2.01. The van der Waals surface area contributed by atoms with E-state index in [9.17, 15) is 0 Å². The summed E-state index contributed by atoms with van der Waals surface area (Å²) in [6.07, 6.45) is 7.18.